The van der Waals surface area contributed by atoms with Gasteiger partial charge in [0.05, 0.1) is 5.56 Å². The topological polar surface area (TPSA) is 29.3 Å². The lowest BCUT2D eigenvalue weighted by Gasteiger charge is -2.42. The van der Waals surface area contributed by atoms with Crippen molar-refractivity contribution in [1.82, 2.24) is 0 Å². The van der Waals surface area contributed by atoms with Crippen molar-refractivity contribution in [3.63, 3.8) is 0 Å². The Morgan fingerprint density at radius 1 is 1.20 bits per heavy atom. The van der Waals surface area contributed by atoms with Gasteiger partial charge in [0.25, 0.3) is 0 Å². The smallest absolute Gasteiger partial charge is 0.135 e. The first-order valence-electron chi connectivity index (χ1n) is 7.50. The summed E-state index contributed by atoms with van der Waals surface area (Å²) >= 11 is 5.03. The first kappa shape index (κ1) is 13.8. The molecule has 0 aromatic heterocycles. The van der Waals surface area contributed by atoms with E-state index in [1.165, 1.54) is 38.2 Å². The fourth-order valence-electron chi connectivity index (χ4n) is 3.84. The molecule has 108 valence electrons. The number of rotatable bonds is 2. The molecule has 2 atom stereocenters. The zero-order chi connectivity index (χ0) is 14.1. The summed E-state index contributed by atoms with van der Waals surface area (Å²) in [5.74, 6) is 1.31. The van der Waals surface area contributed by atoms with E-state index in [0.29, 0.717) is 5.56 Å². The van der Waals surface area contributed by atoms with E-state index in [1.54, 1.807) is 6.07 Å². The van der Waals surface area contributed by atoms with Crippen molar-refractivity contribution in [3.8, 4) is 0 Å². The molecule has 2 nitrogen and oxygen atoms in total. The maximum absolute atomic E-state index is 14.0. The second-order valence-corrected chi connectivity index (χ2v) is 6.48. The van der Waals surface area contributed by atoms with Crippen LogP contribution < -0.4 is 10.6 Å². The molecular weight excluding hydrogens is 271 g/mol. The van der Waals surface area contributed by atoms with Crippen molar-refractivity contribution in [2.24, 2.45) is 17.6 Å². The van der Waals surface area contributed by atoms with Crippen molar-refractivity contribution in [2.75, 3.05) is 18.0 Å². The third-order valence-electron chi connectivity index (χ3n) is 4.87. The Kier molecular flexibility index (Phi) is 3.92. The van der Waals surface area contributed by atoms with Gasteiger partial charge in [0, 0.05) is 18.8 Å². The molecule has 2 unspecified atom stereocenters. The van der Waals surface area contributed by atoms with Crippen molar-refractivity contribution < 1.29 is 4.39 Å². The molecule has 1 saturated carbocycles. The van der Waals surface area contributed by atoms with E-state index < -0.39 is 0 Å². The minimum atomic E-state index is -0.305. The molecule has 2 aliphatic rings. The Labute approximate surface area is 125 Å². The van der Waals surface area contributed by atoms with Gasteiger partial charge in [-0.15, -0.1) is 0 Å². The summed E-state index contributed by atoms with van der Waals surface area (Å²) in [7, 11) is 0. The monoisotopic (exact) mass is 292 g/mol. The van der Waals surface area contributed by atoms with Gasteiger partial charge >= 0.3 is 0 Å². The van der Waals surface area contributed by atoms with E-state index in [-0.39, 0.29) is 10.8 Å². The number of halogens is 1. The quantitative estimate of drug-likeness (QED) is 0.846. The lowest BCUT2D eigenvalue weighted by atomic mass is 9.75. The molecule has 1 aromatic rings. The highest BCUT2D eigenvalue weighted by Gasteiger charge is 2.32. The molecule has 20 heavy (non-hydrogen) atoms. The molecule has 1 aromatic carbocycles. The number of nitrogens with zero attached hydrogens (tertiary/aromatic N) is 1. The Hall–Kier alpha value is -1.16. The van der Waals surface area contributed by atoms with Crippen LogP contribution in [0.1, 0.15) is 37.7 Å². The third-order valence-corrected chi connectivity index (χ3v) is 5.07. The summed E-state index contributed by atoms with van der Waals surface area (Å²) in [4.78, 5) is 2.44. The van der Waals surface area contributed by atoms with Gasteiger partial charge in [-0.3, -0.25) is 0 Å². The number of anilines is 1. The molecule has 0 radical (unpaired) electrons. The SMILES string of the molecule is NC(=S)c1c(F)cccc1N1CCC2CCCCC2C1. The Bertz CT molecular complexity index is 517. The summed E-state index contributed by atoms with van der Waals surface area (Å²) in [6.07, 6.45) is 6.58. The van der Waals surface area contributed by atoms with Gasteiger partial charge in [-0.1, -0.05) is 37.5 Å². The van der Waals surface area contributed by atoms with E-state index in [4.69, 9.17) is 18.0 Å². The van der Waals surface area contributed by atoms with Gasteiger partial charge in [-0.05, 0) is 36.8 Å². The van der Waals surface area contributed by atoms with E-state index in [1.807, 2.05) is 6.07 Å². The molecule has 4 heteroatoms. The van der Waals surface area contributed by atoms with Crippen LogP contribution in [-0.2, 0) is 0 Å². The minimum absolute atomic E-state index is 0.156. The van der Waals surface area contributed by atoms with E-state index in [0.717, 1.165) is 30.6 Å². The average molecular weight is 292 g/mol. The number of fused-ring (bicyclic) bond motifs is 1. The molecule has 2 N–H and O–H groups in total. The van der Waals surface area contributed by atoms with Gasteiger partial charge in [-0.2, -0.15) is 0 Å². The Morgan fingerprint density at radius 2 is 1.95 bits per heavy atom. The highest BCUT2D eigenvalue weighted by atomic mass is 32.1. The van der Waals surface area contributed by atoms with Gasteiger partial charge < -0.3 is 10.6 Å². The highest BCUT2D eigenvalue weighted by Crippen LogP contribution is 2.38. The van der Waals surface area contributed by atoms with Crippen LogP contribution in [0.5, 0.6) is 0 Å². The molecule has 0 spiro atoms. The molecular formula is C16H21FN2S. The van der Waals surface area contributed by atoms with Crippen LogP contribution in [0.2, 0.25) is 0 Å². The maximum Gasteiger partial charge on any atom is 0.135 e. The summed E-state index contributed by atoms with van der Waals surface area (Å²) in [6, 6.07) is 5.13. The fourth-order valence-corrected chi connectivity index (χ4v) is 4.04. The normalized spacial score (nSPS) is 26.1. The van der Waals surface area contributed by atoms with E-state index >= 15 is 0 Å². The third kappa shape index (κ3) is 2.53. The van der Waals surface area contributed by atoms with Crippen molar-refractivity contribution >= 4 is 22.9 Å². The van der Waals surface area contributed by atoms with Crippen LogP contribution in [0.3, 0.4) is 0 Å². The molecule has 1 aliphatic carbocycles. The van der Waals surface area contributed by atoms with E-state index in [9.17, 15) is 4.39 Å². The van der Waals surface area contributed by atoms with Gasteiger partial charge in [0.15, 0.2) is 0 Å². The molecule has 0 amide bonds. The number of hydrogen-bond donors (Lipinski definition) is 1. The predicted octanol–water partition coefficient (Wildman–Crippen LogP) is 3.48. The first-order chi connectivity index (χ1) is 9.66. The molecule has 3 rings (SSSR count). The number of nitrogens with two attached hydrogens (primary N) is 1. The van der Waals surface area contributed by atoms with Crippen molar-refractivity contribution in [3.05, 3.63) is 29.6 Å². The molecule has 1 heterocycles. The largest absolute Gasteiger partial charge is 0.389 e. The summed E-state index contributed by atoms with van der Waals surface area (Å²) in [5.41, 5.74) is 7.01. The second-order valence-electron chi connectivity index (χ2n) is 6.04. The van der Waals surface area contributed by atoms with Gasteiger partial charge in [0.2, 0.25) is 0 Å². The van der Waals surface area contributed by atoms with Crippen LogP contribution in [0, 0.1) is 17.7 Å². The lowest BCUT2D eigenvalue weighted by Crippen LogP contribution is -2.42. The molecule has 1 saturated heterocycles. The van der Waals surface area contributed by atoms with Crippen LogP contribution >= 0.6 is 12.2 Å². The van der Waals surface area contributed by atoms with Crippen LogP contribution in [0.25, 0.3) is 0 Å². The zero-order valence-electron chi connectivity index (χ0n) is 11.6. The van der Waals surface area contributed by atoms with Crippen LogP contribution in [0.15, 0.2) is 18.2 Å². The number of hydrogen-bond acceptors (Lipinski definition) is 2. The molecule has 0 bridgehead atoms. The number of thiocarbonyl (C=S) groups is 1. The average Bonchev–Trinajstić information content (AvgIpc) is 2.46. The van der Waals surface area contributed by atoms with Gasteiger partial charge in [0.1, 0.15) is 10.8 Å². The Morgan fingerprint density at radius 3 is 2.70 bits per heavy atom. The second kappa shape index (κ2) is 5.68. The first-order valence-corrected chi connectivity index (χ1v) is 7.91. The van der Waals surface area contributed by atoms with E-state index in [2.05, 4.69) is 4.90 Å². The highest BCUT2D eigenvalue weighted by molar-refractivity contribution is 7.80. The number of benzene rings is 1. The van der Waals surface area contributed by atoms with Crippen molar-refractivity contribution in [1.29, 1.82) is 0 Å². The van der Waals surface area contributed by atoms with Crippen LogP contribution in [-0.4, -0.2) is 18.1 Å². The van der Waals surface area contributed by atoms with Gasteiger partial charge in [-0.25, -0.2) is 4.39 Å². The molecule has 1 aliphatic heterocycles. The lowest BCUT2D eigenvalue weighted by molar-refractivity contribution is 0.202. The van der Waals surface area contributed by atoms with Crippen LogP contribution in [0.4, 0.5) is 10.1 Å². The fraction of sp³-hybridized carbons (Fsp3) is 0.562. The standard InChI is InChI=1S/C16H21FN2S/c17-13-6-3-7-14(15(13)16(18)20)19-9-8-11-4-1-2-5-12(11)10-19/h3,6-7,11-12H,1-2,4-5,8-10H2,(H2,18,20). The Balaban J connectivity index is 1.86. The summed E-state index contributed by atoms with van der Waals surface area (Å²) < 4.78 is 14.0. The number of piperidine rings is 1. The van der Waals surface area contributed by atoms with Crippen molar-refractivity contribution in [2.45, 2.75) is 32.1 Å². The maximum atomic E-state index is 14.0. The summed E-state index contributed by atoms with van der Waals surface area (Å²) in [5, 5.41) is 0. The minimum Gasteiger partial charge on any atom is -0.389 e. The predicted molar refractivity (Wildman–Crippen MR) is 84.6 cm³/mol. The molecule has 2 fully saturated rings. The zero-order valence-corrected chi connectivity index (χ0v) is 12.5. The summed E-state index contributed by atoms with van der Waals surface area (Å²) in [6.45, 7) is 2.00.